The van der Waals surface area contributed by atoms with E-state index in [0.717, 1.165) is 94.6 Å². The van der Waals surface area contributed by atoms with E-state index in [1.165, 1.54) is 64.2 Å². The molecule has 2 aliphatic rings. The fourth-order valence-corrected chi connectivity index (χ4v) is 7.69. The highest BCUT2D eigenvalue weighted by Gasteiger charge is 2.30. The van der Waals surface area contributed by atoms with Crippen LogP contribution in [0.15, 0.2) is 24.3 Å². The Morgan fingerprint density at radius 2 is 1.21 bits per heavy atom. The van der Waals surface area contributed by atoms with Crippen molar-refractivity contribution in [2.45, 2.75) is 110 Å². The van der Waals surface area contributed by atoms with E-state index < -0.39 is 0 Å². The van der Waals surface area contributed by atoms with Crippen LogP contribution < -0.4 is 14.2 Å². The number of aliphatic hydroxyl groups is 2. The van der Waals surface area contributed by atoms with Gasteiger partial charge in [-0.25, -0.2) is 0 Å². The standard InChI is InChI=1S/C37H56O5/c1-5-29-23-37(33(24-36(29)41-4)21-32-22-34(25-39)26(2)20-35(32)40-3)42-19-7-9-28-12-16-31(17-13-28)30-14-10-27(11-15-30)8-6-18-38/h20,22-24,27-28,30-31,38-39H,5-19,21,25H2,1-4H3. The Morgan fingerprint density at radius 1 is 0.667 bits per heavy atom. The summed E-state index contributed by atoms with van der Waals surface area (Å²) in [6, 6.07) is 8.34. The van der Waals surface area contributed by atoms with E-state index in [4.69, 9.17) is 19.3 Å². The molecule has 0 atom stereocenters. The molecule has 2 aliphatic carbocycles. The summed E-state index contributed by atoms with van der Waals surface area (Å²) in [6.45, 7) is 5.25. The van der Waals surface area contributed by atoms with Crippen LogP contribution in [0.5, 0.6) is 17.2 Å². The van der Waals surface area contributed by atoms with Crippen molar-refractivity contribution in [2.24, 2.45) is 23.7 Å². The predicted octanol–water partition coefficient (Wildman–Crippen LogP) is 8.20. The first kappa shape index (κ1) is 32.7. The van der Waals surface area contributed by atoms with Crippen molar-refractivity contribution in [2.75, 3.05) is 27.4 Å². The normalized spacial score (nSPS) is 22.6. The van der Waals surface area contributed by atoms with Crippen molar-refractivity contribution >= 4 is 0 Å². The second-order valence-electron chi connectivity index (χ2n) is 13.0. The van der Waals surface area contributed by atoms with E-state index >= 15 is 0 Å². The third-order valence-electron chi connectivity index (χ3n) is 10.4. The Bertz CT molecular complexity index is 1100. The lowest BCUT2D eigenvalue weighted by Crippen LogP contribution is -2.26. The first-order chi connectivity index (χ1) is 20.5. The van der Waals surface area contributed by atoms with E-state index in [1.54, 1.807) is 14.2 Å². The summed E-state index contributed by atoms with van der Waals surface area (Å²) in [4.78, 5) is 0. The van der Waals surface area contributed by atoms with Crippen LogP contribution in [0, 0.1) is 30.6 Å². The maximum Gasteiger partial charge on any atom is 0.123 e. The highest BCUT2D eigenvalue weighted by molar-refractivity contribution is 5.51. The van der Waals surface area contributed by atoms with Crippen molar-refractivity contribution in [3.63, 3.8) is 0 Å². The molecule has 0 spiro atoms. The Balaban J connectivity index is 1.30. The first-order valence-corrected chi connectivity index (χ1v) is 16.7. The second-order valence-corrected chi connectivity index (χ2v) is 13.0. The zero-order valence-electron chi connectivity index (χ0n) is 26.8. The SMILES string of the molecule is CCc1cc(OCCCC2CCC(C3CCC(CCCO)CC3)CC2)c(Cc2cc(CO)c(C)cc2OC)cc1OC. The molecule has 0 bridgehead atoms. The number of ether oxygens (including phenoxy) is 3. The fourth-order valence-electron chi connectivity index (χ4n) is 7.69. The van der Waals surface area contributed by atoms with Gasteiger partial charge in [0.25, 0.3) is 0 Å². The molecule has 0 radical (unpaired) electrons. The van der Waals surface area contributed by atoms with Gasteiger partial charge in [-0.3, -0.25) is 0 Å². The van der Waals surface area contributed by atoms with Crippen LogP contribution in [-0.4, -0.2) is 37.6 Å². The van der Waals surface area contributed by atoms with Crippen LogP contribution in [0.3, 0.4) is 0 Å². The van der Waals surface area contributed by atoms with Gasteiger partial charge in [0.15, 0.2) is 0 Å². The average molecular weight is 581 g/mol. The summed E-state index contributed by atoms with van der Waals surface area (Å²) in [6.07, 6.45) is 17.3. The van der Waals surface area contributed by atoms with Crippen molar-refractivity contribution in [1.29, 1.82) is 0 Å². The molecule has 0 saturated heterocycles. The van der Waals surface area contributed by atoms with Gasteiger partial charge in [-0.2, -0.15) is 0 Å². The van der Waals surface area contributed by atoms with E-state index in [0.29, 0.717) is 13.0 Å². The summed E-state index contributed by atoms with van der Waals surface area (Å²) in [7, 11) is 3.43. The maximum absolute atomic E-state index is 9.85. The van der Waals surface area contributed by atoms with Crippen molar-refractivity contribution in [3.05, 3.63) is 52.1 Å². The van der Waals surface area contributed by atoms with Crippen molar-refractivity contribution < 1.29 is 24.4 Å². The van der Waals surface area contributed by atoms with Gasteiger partial charge in [0, 0.05) is 18.6 Å². The number of hydrogen-bond donors (Lipinski definition) is 2. The number of rotatable bonds is 15. The summed E-state index contributed by atoms with van der Waals surface area (Å²) >= 11 is 0. The molecular formula is C37H56O5. The highest BCUT2D eigenvalue weighted by Crippen LogP contribution is 2.43. The summed E-state index contributed by atoms with van der Waals surface area (Å²) in [5, 5.41) is 19.0. The Labute approximate surface area is 255 Å². The summed E-state index contributed by atoms with van der Waals surface area (Å²) < 4.78 is 17.9. The van der Waals surface area contributed by atoms with Crippen LogP contribution in [0.1, 0.15) is 112 Å². The minimum absolute atomic E-state index is 0.0126. The minimum atomic E-state index is 0.0126. The van der Waals surface area contributed by atoms with Crippen LogP contribution in [-0.2, 0) is 19.4 Å². The molecular weight excluding hydrogens is 524 g/mol. The molecule has 5 heteroatoms. The lowest BCUT2D eigenvalue weighted by Gasteiger charge is -2.38. The third-order valence-corrected chi connectivity index (χ3v) is 10.4. The number of aliphatic hydroxyl groups excluding tert-OH is 2. The molecule has 0 unspecified atom stereocenters. The molecule has 234 valence electrons. The van der Waals surface area contributed by atoms with Gasteiger partial charge in [-0.1, -0.05) is 32.6 Å². The molecule has 0 amide bonds. The largest absolute Gasteiger partial charge is 0.496 e. The maximum atomic E-state index is 9.85. The van der Waals surface area contributed by atoms with Crippen LogP contribution in [0.4, 0.5) is 0 Å². The smallest absolute Gasteiger partial charge is 0.123 e. The van der Waals surface area contributed by atoms with Gasteiger partial charge in [-0.15, -0.1) is 0 Å². The third kappa shape index (κ3) is 8.66. The number of benzene rings is 2. The van der Waals surface area contributed by atoms with E-state index in [9.17, 15) is 5.11 Å². The van der Waals surface area contributed by atoms with Gasteiger partial charge in [0.2, 0.25) is 0 Å². The molecule has 0 aromatic heterocycles. The quantitative estimate of drug-likeness (QED) is 0.208. The van der Waals surface area contributed by atoms with E-state index in [1.807, 2.05) is 13.0 Å². The summed E-state index contributed by atoms with van der Waals surface area (Å²) in [5.74, 6) is 6.24. The van der Waals surface area contributed by atoms with E-state index in [-0.39, 0.29) is 6.61 Å². The Hall–Kier alpha value is -2.24. The van der Waals surface area contributed by atoms with Crippen LogP contribution >= 0.6 is 0 Å². The molecule has 2 saturated carbocycles. The second kappa shape index (κ2) is 16.6. The Kier molecular flexibility index (Phi) is 12.9. The number of hydrogen-bond acceptors (Lipinski definition) is 5. The summed E-state index contributed by atoms with van der Waals surface area (Å²) in [5.41, 5.74) is 5.24. The molecule has 2 aromatic carbocycles. The zero-order valence-corrected chi connectivity index (χ0v) is 26.8. The van der Waals surface area contributed by atoms with Gasteiger partial charge in [-0.05, 0) is 135 Å². The average Bonchev–Trinajstić information content (AvgIpc) is 3.03. The van der Waals surface area contributed by atoms with Crippen LogP contribution in [0.25, 0.3) is 0 Å². The molecule has 2 N–H and O–H groups in total. The van der Waals surface area contributed by atoms with Gasteiger partial charge < -0.3 is 24.4 Å². The van der Waals surface area contributed by atoms with Crippen molar-refractivity contribution in [1.82, 2.24) is 0 Å². The molecule has 4 rings (SSSR count). The molecule has 5 nitrogen and oxygen atoms in total. The van der Waals surface area contributed by atoms with Gasteiger partial charge >= 0.3 is 0 Å². The Morgan fingerprint density at radius 3 is 1.76 bits per heavy atom. The van der Waals surface area contributed by atoms with Gasteiger partial charge in [0.1, 0.15) is 17.2 Å². The highest BCUT2D eigenvalue weighted by atomic mass is 16.5. The molecule has 0 aliphatic heterocycles. The van der Waals surface area contributed by atoms with Gasteiger partial charge in [0.05, 0.1) is 27.4 Å². The number of aryl methyl sites for hydroxylation is 2. The lowest BCUT2D eigenvalue weighted by atomic mass is 9.68. The molecule has 2 fully saturated rings. The lowest BCUT2D eigenvalue weighted by molar-refractivity contribution is 0.135. The predicted molar refractivity (Wildman–Crippen MR) is 171 cm³/mol. The molecule has 2 aromatic rings. The fraction of sp³-hybridized carbons (Fsp3) is 0.676. The topological polar surface area (TPSA) is 68.2 Å². The first-order valence-electron chi connectivity index (χ1n) is 16.7. The molecule has 42 heavy (non-hydrogen) atoms. The van der Waals surface area contributed by atoms with Crippen molar-refractivity contribution in [3.8, 4) is 17.2 Å². The monoisotopic (exact) mass is 580 g/mol. The van der Waals surface area contributed by atoms with Crippen LogP contribution in [0.2, 0.25) is 0 Å². The minimum Gasteiger partial charge on any atom is -0.496 e. The van der Waals surface area contributed by atoms with E-state index in [2.05, 4.69) is 25.1 Å². The number of methoxy groups -OCH3 is 2. The molecule has 0 heterocycles. The zero-order chi connectivity index (χ0) is 29.9.